The van der Waals surface area contributed by atoms with E-state index in [2.05, 4.69) is 10.3 Å². The number of amides is 2. The van der Waals surface area contributed by atoms with E-state index in [0.717, 1.165) is 6.42 Å². The van der Waals surface area contributed by atoms with Crippen molar-refractivity contribution in [2.75, 3.05) is 11.9 Å². The molecule has 6 heteroatoms. The summed E-state index contributed by atoms with van der Waals surface area (Å²) < 4.78 is 5.35. The molecule has 0 aliphatic carbocycles. The van der Waals surface area contributed by atoms with Gasteiger partial charge in [-0.15, -0.1) is 0 Å². The Kier molecular flexibility index (Phi) is 4.45. The predicted octanol–water partition coefficient (Wildman–Crippen LogP) is 2.42. The number of carbonyl (C=O) groups excluding carboxylic acids is 2. The van der Waals surface area contributed by atoms with Gasteiger partial charge >= 0.3 is 6.09 Å². The average molecular weight is 291 g/mol. The minimum atomic E-state index is -0.565. The van der Waals surface area contributed by atoms with Gasteiger partial charge in [0.25, 0.3) is 0 Å². The molecule has 1 aliphatic rings. The number of pyridine rings is 1. The third-order valence-corrected chi connectivity index (χ3v) is 3.11. The zero-order chi connectivity index (χ0) is 15.5. The van der Waals surface area contributed by atoms with Gasteiger partial charge in [0.15, 0.2) is 0 Å². The second-order valence-electron chi connectivity index (χ2n) is 6.06. The van der Waals surface area contributed by atoms with Crippen LogP contribution in [0, 0.1) is 0 Å². The Morgan fingerprint density at radius 2 is 2.19 bits per heavy atom. The number of nitrogens with zero attached hydrogens (tertiary/aromatic N) is 2. The van der Waals surface area contributed by atoms with Crippen LogP contribution in [0.25, 0.3) is 0 Å². The van der Waals surface area contributed by atoms with Crippen molar-refractivity contribution in [1.82, 2.24) is 9.88 Å². The molecule has 2 rings (SSSR count). The normalized spacial score (nSPS) is 18.4. The second kappa shape index (κ2) is 6.11. The van der Waals surface area contributed by atoms with Crippen molar-refractivity contribution in [2.45, 2.75) is 45.3 Å². The first-order chi connectivity index (χ1) is 9.87. The maximum atomic E-state index is 12.3. The van der Waals surface area contributed by atoms with Crippen molar-refractivity contribution in [3.63, 3.8) is 0 Å². The minimum Gasteiger partial charge on any atom is -0.444 e. The number of aromatic nitrogens is 1. The Morgan fingerprint density at radius 3 is 2.81 bits per heavy atom. The summed E-state index contributed by atoms with van der Waals surface area (Å²) in [6.07, 6.45) is 4.21. The van der Waals surface area contributed by atoms with Gasteiger partial charge in [0.2, 0.25) is 5.91 Å². The zero-order valence-electron chi connectivity index (χ0n) is 12.6. The number of likely N-dealkylation sites (tertiary alicyclic amines) is 1. The lowest BCUT2D eigenvalue weighted by molar-refractivity contribution is -0.120. The molecule has 1 atom stereocenters. The highest BCUT2D eigenvalue weighted by Gasteiger charge is 2.36. The summed E-state index contributed by atoms with van der Waals surface area (Å²) >= 11 is 0. The largest absolute Gasteiger partial charge is 0.444 e. The lowest BCUT2D eigenvalue weighted by atomic mass is 10.2. The van der Waals surface area contributed by atoms with E-state index in [1.165, 1.54) is 4.90 Å². The van der Waals surface area contributed by atoms with Crippen molar-refractivity contribution >= 4 is 17.7 Å². The molecule has 0 aromatic carbocycles. The van der Waals surface area contributed by atoms with Crippen LogP contribution in [-0.2, 0) is 9.53 Å². The van der Waals surface area contributed by atoms with Gasteiger partial charge < -0.3 is 10.1 Å². The standard InChI is InChI=1S/C15H21N3O3/c1-15(2,3)21-14(20)18-9-5-7-12(18)13(19)17-11-6-4-8-16-10-11/h4,6,8,10,12H,5,7,9H2,1-3H3,(H,17,19)/t12-/m0/s1. The molecule has 0 bridgehead atoms. The first-order valence-corrected chi connectivity index (χ1v) is 7.07. The van der Waals surface area contributed by atoms with Crippen molar-refractivity contribution < 1.29 is 14.3 Å². The SMILES string of the molecule is CC(C)(C)OC(=O)N1CCC[C@H]1C(=O)Nc1cccnc1. The first kappa shape index (κ1) is 15.3. The van der Waals surface area contributed by atoms with Crippen LogP contribution in [-0.4, -0.2) is 40.1 Å². The first-order valence-electron chi connectivity index (χ1n) is 7.07. The van der Waals surface area contributed by atoms with Gasteiger partial charge in [-0.05, 0) is 45.7 Å². The molecule has 1 aromatic rings. The fourth-order valence-corrected chi connectivity index (χ4v) is 2.24. The Balaban J connectivity index is 2.01. The maximum Gasteiger partial charge on any atom is 0.410 e. The molecule has 1 aliphatic heterocycles. The fraction of sp³-hybridized carbons (Fsp3) is 0.533. The van der Waals surface area contributed by atoms with Crippen LogP contribution in [0.1, 0.15) is 33.6 Å². The lowest BCUT2D eigenvalue weighted by Crippen LogP contribution is -2.45. The number of nitrogens with one attached hydrogen (secondary N) is 1. The molecule has 0 radical (unpaired) electrons. The predicted molar refractivity (Wildman–Crippen MR) is 78.8 cm³/mol. The summed E-state index contributed by atoms with van der Waals surface area (Å²) in [6, 6.07) is 3.02. The summed E-state index contributed by atoms with van der Waals surface area (Å²) in [6.45, 7) is 5.98. The van der Waals surface area contributed by atoms with E-state index in [9.17, 15) is 9.59 Å². The maximum absolute atomic E-state index is 12.3. The summed E-state index contributed by atoms with van der Waals surface area (Å²) in [5, 5.41) is 2.78. The fourth-order valence-electron chi connectivity index (χ4n) is 2.24. The van der Waals surface area contributed by atoms with E-state index in [0.29, 0.717) is 18.7 Å². The van der Waals surface area contributed by atoms with Crippen LogP contribution < -0.4 is 5.32 Å². The highest BCUT2D eigenvalue weighted by Crippen LogP contribution is 2.22. The Morgan fingerprint density at radius 1 is 1.43 bits per heavy atom. The van der Waals surface area contributed by atoms with Gasteiger partial charge in [-0.1, -0.05) is 0 Å². The molecule has 0 saturated carbocycles. The number of hydrogen-bond acceptors (Lipinski definition) is 4. The van der Waals surface area contributed by atoms with E-state index in [1.54, 1.807) is 24.5 Å². The number of hydrogen-bond donors (Lipinski definition) is 1. The quantitative estimate of drug-likeness (QED) is 0.908. The molecule has 6 nitrogen and oxygen atoms in total. The average Bonchev–Trinajstić information content (AvgIpc) is 2.87. The molecular weight excluding hydrogens is 270 g/mol. The van der Waals surface area contributed by atoms with Crippen molar-refractivity contribution in [3.05, 3.63) is 24.5 Å². The number of anilines is 1. The molecule has 1 fully saturated rings. The van der Waals surface area contributed by atoms with Crippen LogP contribution in [0.2, 0.25) is 0 Å². The highest BCUT2D eigenvalue weighted by molar-refractivity contribution is 5.96. The topological polar surface area (TPSA) is 71.5 Å². The van der Waals surface area contributed by atoms with Gasteiger partial charge in [0, 0.05) is 12.7 Å². The third-order valence-electron chi connectivity index (χ3n) is 3.11. The lowest BCUT2D eigenvalue weighted by Gasteiger charge is -2.28. The summed E-state index contributed by atoms with van der Waals surface area (Å²) in [4.78, 5) is 29.9. The Labute approximate surface area is 124 Å². The highest BCUT2D eigenvalue weighted by atomic mass is 16.6. The monoisotopic (exact) mass is 291 g/mol. The van der Waals surface area contributed by atoms with E-state index < -0.39 is 17.7 Å². The molecule has 21 heavy (non-hydrogen) atoms. The minimum absolute atomic E-state index is 0.202. The molecule has 114 valence electrons. The second-order valence-corrected chi connectivity index (χ2v) is 6.06. The van der Waals surface area contributed by atoms with Crippen LogP contribution in [0.15, 0.2) is 24.5 Å². The van der Waals surface area contributed by atoms with Crippen LogP contribution in [0.3, 0.4) is 0 Å². The number of rotatable bonds is 2. The smallest absolute Gasteiger partial charge is 0.410 e. The molecule has 2 heterocycles. The molecule has 1 aromatic heterocycles. The van der Waals surface area contributed by atoms with Gasteiger partial charge in [-0.3, -0.25) is 14.7 Å². The van der Waals surface area contributed by atoms with Gasteiger partial charge in [-0.25, -0.2) is 4.79 Å². The number of ether oxygens (including phenoxy) is 1. The Bertz CT molecular complexity index is 511. The van der Waals surface area contributed by atoms with Gasteiger partial charge in [0.05, 0.1) is 11.9 Å². The summed E-state index contributed by atoms with van der Waals surface area (Å²) in [5.74, 6) is -0.202. The van der Waals surface area contributed by atoms with Crippen molar-refractivity contribution in [3.8, 4) is 0 Å². The summed E-state index contributed by atoms with van der Waals surface area (Å²) in [5.41, 5.74) is 0.0582. The zero-order valence-corrected chi connectivity index (χ0v) is 12.6. The van der Waals surface area contributed by atoms with Crippen molar-refractivity contribution in [2.24, 2.45) is 0 Å². The van der Waals surface area contributed by atoms with E-state index in [4.69, 9.17) is 4.74 Å². The van der Waals surface area contributed by atoms with E-state index in [1.807, 2.05) is 20.8 Å². The molecule has 0 unspecified atom stereocenters. The molecule has 2 amide bonds. The van der Waals surface area contributed by atoms with Crippen molar-refractivity contribution in [1.29, 1.82) is 0 Å². The van der Waals surface area contributed by atoms with Crippen LogP contribution in [0.5, 0.6) is 0 Å². The third kappa shape index (κ3) is 4.18. The van der Waals surface area contributed by atoms with Gasteiger partial charge in [-0.2, -0.15) is 0 Å². The molecular formula is C15H21N3O3. The van der Waals surface area contributed by atoms with E-state index >= 15 is 0 Å². The summed E-state index contributed by atoms with van der Waals surface area (Å²) in [7, 11) is 0. The molecule has 1 saturated heterocycles. The molecule has 0 spiro atoms. The Hall–Kier alpha value is -2.11. The van der Waals surface area contributed by atoms with Crippen LogP contribution in [0.4, 0.5) is 10.5 Å². The van der Waals surface area contributed by atoms with E-state index in [-0.39, 0.29) is 5.91 Å². The van der Waals surface area contributed by atoms with Crippen LogP contribution >= 0.6 is 0 Å². The van der Waals surface area contributed by atoms with Gasteiger partial charge in [0.1, 0.15) is 11.6 Å². The molecule has 1 N–H and O–H groups in total. The number of carbonyl (C=O) groups is 2.